The van der Waals surface area contributed by atoms with Crippen LogP contribution in [-0.4, -0.2) is 22.1 Å². The van der Waals surface area contributed by atoms with Gasteiger partial charge in [-0.1, -0.05) is 48.3 Å². The summed E-state index contributed by atoms with van der Waals surface area (Å²) in [6.45, 7) is 4.04. The van der Waals surface area contributed by atoms with Crippen molar-refractivity contribution < 1.29 is 4.79 Å². The largest absolute Gasteiger partial charge is 0.320 e. The molecule has 7 heteroatoms. The maximum Gasteiger partial charge on any atom is 0.242 e. The number of hydrogen-bond donors (Lipinski definition) is 3. The minimum absolute atomic E-state index is 0. The Balaban J connectivity index is 0.00000264. The molecule has 1 amide bonds. The zero-order valence-electron chi connectivity index (χ0n) is 13.2. The molecule has 0 aliphatic carbocycles. The molecule has 23 heavy (non-hydrogen) atoms. The third-order valence-corrected chi connectivity index (χ3v) is 4.06. The third-order valence-electron chi connectivity index (χ3n) is 3.53. The van der Waals surface area contributed by atoms with Crippen LogP contribution >= 0.6 is 28.3 Å². The predicted octanol–water partition coefficient (Wildman–Crippen LogP) is 3.89. The van der Waals surface area contributed by atoms with E-state index in [0.29, 0.717) is 12.2 Å². The lowest BCUT2D eigenvalue weighted by atomic mass is 10.1. The van der Waals surface area contributed by atoms with Crippen molar-refractivity contribution in [3.63, 3.8) is 0 Å². The van der Waals surface area contributed by atoms with E-state index in [4.69, 9.17) is 5.73 Å². The average Bonchev–Trinajstić information content (AvgIpc) is 2.90. The highest BCUT2D eigenvalue weighted by Gasteiger charge is 2.18. The summed E-state index contributed by atoms with van der Waals surface area (Å²) >= 11 is 3.43. The van der Waals surface area contributed by atoms with Gasteiger partial charge >= 0.3 is 0 Å². The van der Waals surface area contributed by atoms with Gasteiger partial charge in [0.25, 0.3) is 0 Å². The maximum absolute atomic E-state index is 12.1. The zero-order valence-corrected chi connectivity index (χ0v) is 15.6. The number of aromatic nitrogens is 2. The summed E-state index contributed by atoms with van der Waals surface area (Å²) in [6.07, 6.45) is 2.30. The van der Waals surface area contributed by atoms with Gasteiger partial charge in [0.15, 0.2) is 5.82 Å². The Kier molecular flexibility index (Phi) is 7.75. The van der Waals surface area contributed by atoms with Gasteiger partial charge in [0, 0.05) is 10.0 Å². The van der Waals surface area contributed by atoms with Crippen molar-refractivity contribution in [3.8, 4) is 11.3 Å². The van der Waals surface area contributed by atoms with Crippen LogP contribution in [0.5, 0.6) is 0 Å². The van der Waals surface area contributed by atoms with Crippen molar-refractivity contribution in [1.29, 1.82) is 0 Å². The number of anilines is 1. The number of hydrogen-bond acceptors (Lipinski definition) is 3. The second kappa shape index (κ2) is 9.05. The molecule has 0 fully saturated rings. The van der Waals surface area contributed by atoms with Crippen molar-refractivity contribution in [1.82, 2.24) is 10.2 Å². The molecule has 1 aromatic carbocycles. The second-order valence-corrected chi connectivity index (χ2v) is 6.09. The normalized spacial score (nSPS) is 11.7. The molecule has 0 spiro atoms. The van der Waals surface area contributed by atoms with Gasteiger partial charge in [0.05, 0.1) is 11.7 Å². The van der Waals surface area contributed by atoms with Crippen molar-refractivity contribution in [2.45, 2.75) is 39.2 Å². The number of nitrogens with zero attached hydrogens (tertiary/aromatic N) is 1. The topological polar surface area (TPSA) is 83.8 Å². The Morgan fingerprint density at radius 3 is 2.57 bits per heavy atom. The number of carbonyl (C=O) groups is 1. The van der Waals surface area contributed by atoms with Crippen LogP contribution in [0.15, 0.2) is 28.7 Å². The van der Waals surface area contributed by atoms with Crippen LogP contribution in [0.25, 0.3) is 11.3 Å². The first-order valence-electron chi connectivity index (χ1n) is 7.46. The Morgan fingerprint density at radius 1 is 1.35 bits per heavy atom. The summed E-state index contributed by atoms with van der Waals surface area (Å²) in [5, 5.41) is 10.1. The van der Waals surface area contributed by atoms with E-state index in [-0.39, 0.29) is 18.3 Å². The molecule has 1 unspecified atom stereocenters. The summed E-state index contributed by atoms with van der Waals surface area (Å²) < 4.78 is 1.02. The van der Waals surface area contributed by atoms with E-state index in [9.17, 15) is 4.79 Å². The SMILES string of the molecule is CCCC(N)C(=O)Nc1n[nH]c(-c2ccc(Br)cc2)c1CC.Cl. The first-order chi connectivity index (χ1) is 10.6. The first-order valence-corrected chi connectivity index (χ1v) is 8.25. The number of benzene rings is 1. The molecule has 0 aliphatic rings. The van der Waals surface area contributed by atoms with Gasteiger partial charge in [-0.2, -0.15) is 5.10 Å². The van der Waals surface area contributed by atoms with Crippen molar-refractivity contribution in [2.75, 3.05) is 5.32 Å². The fraction of sp³-hybridized carbons (Fsp3) is 0.375. The van der Waals surface area contributed by atoms with Gasteiger partial charge in [-0.25, -0.2) is 0 Å². The molecule has 1 aromatic heterocycles. The van der Waals surface area contributed by atoms with Gasteiger partial charge in [-0.05, 0) is 30.5 Å². The van der Waals surface area contributed by atoms with Crippen molar-refractivity contribution >= 4 is 40.1 Å². The number of amides is 1. The van der Waals surface area contributed by atoms with Crippen LogP contribution in [-0.2, 0) is 11.2 Å². The predicted molar refractivity (Wildman–Crippen MR) is 99.9 cm³/mol. The molecule has 5 nitrogen and oxygen atoms in total. The Bertz CT molecular complexity index is 642. The molecular weight excluding hydrogens is 380 g/mol. The minimum Gasteiger partial charge on any atom is -0.320 e. The first kappa shape index (κ1) is 19.7. The van der Waals surface area contributed by atoms with Gasteiger partial charge in [0.1, 0.15) is 0 Å². The van der Waals surface area contributed by atoms with Crippen LogP contribution in [0.3, 0.4) is 0 Å². The molecule has 0 saturated heterocycles. The smallest absolute Gasteiger partial charge is 0.242 e. The number of nitrogens with one attached hydrogen (secondary N) is 2. The summed E-state index contributed by atoms with van der Waals surface area (Å²) in [5.74, 6) is 0.377. The number of nitrogens with two attached hydrogens (primary N) is 1. The minimum atomic E-state index is -0.498. The van der Waals surface area contributed by atoms with Gasteiger partial charge in [0.2, 0.25) is 5.91 Å². The summed E-state index contributed by atoms with van der Waals surface area (Å²) in [6, 6.07) is 7.47. The second-order valence-electron chi connectivity index (χ2n) is 5.17. The van der Waals surface area contributed by atoms with Gasteiger partial charge in [-0.15, -0.1) is 12.4 Å². The number of aromatic amines is 1. The zero-order chi connectivity index (χ0) is 16.1. The number of carbonyl (C=O) groups excluding carboxylic acids is 1. The standard InChI is InChI=1S/C16H21BrN4O.ClH/c1-3-5-13(18)16(22)19-15-12(4-2)14(20-21-15)10-6-8-11(17)9-7-10;/h6-9,13H,3-5,18H2,1-2H3,(H2,19,20,21,22);1H. The molecule has 0 saturated carbocycles. The van der Waals surface area contributed by atoms with Gasteiger partial charge < -0.3 is 11.1 Å². The fourth-order valence-corrected chi connectivity index (χ4v) is 2.58. The van der Waals surface area contributed by atoms with Crippen LogP contribution in [0.4, 0.5) is 5.82 Å². The van der Waals surface area contributed by atoms with E-state index in [1.807, 2.05) is 38.1 Å². The van der Waals surface area contributed by atoms with E-state index in [0.717, 1.165) is 34.1 Å². The molecule has 0 aliphatic heterocycles. The molecular formula is C16H22BrClN4O. The number of rotatable bonds is 6. The summed E-state index contributed by atoms with van der Waals surface area (Å²) in [5.41, 5.74) is 8.79. The highest BCUT2D eigenvalue weighted by Crippen LogP contribution is 2.28. The van der Waals surface area contributed by atoms with Crippen molar-refractivity contribution in [2.24, 2.45) is 5.73 Å². The summed E-state index contributed by atoms with van der Waals surface area (Å²) in [4.78, 5) is 12.1. The molecule has 4 N–H and O–H groups in total. The lowest BCUT2D eigenvalue weighted by Crippen LogP contribution is -2.35. The van der Waals surface area contributed by atoms with Crippen LogP contribution in [0, 0.1) is 0 Å². The molecule has 2 aromatic rings. The average molecular weight is 402 g/mol. The maximum atomic E-state index is 12.1. The quantitative estimate of drug-likeness (QED) is 0.686. The molecule has 126 valence electrons. The highest BCUT2D eigenvalue weighted by molar-refractivity contribution is 9.10. The number of halogens is 2. The van der Waals surface area contributed by atoms with E-state index in [2.05, 4.69) is 31.4 Å². The fourth-order valence-electron chi connectivity index (χ4n) is 2.32. The third kappa shape index (κ3) is 4.80. The number of H-pyrrole nitrogens is 1. The van der Waals surface area contributed by atoms with Crippen LogP contribution in [0.1, 0.15) is 32.3 Å². The summed E-state index contributed by atoms with van der Waals surface area (Å²) in [7, 11) is 0. The van der Waals surface area contributed by atoms with Crippen molar-refractivity contribution in [3.05, 3.63) is 34.3 Å². The molecule has 0 radical (unpaired) electrons. The molecule has 2 rings (SSSR count). The Labute approximate surface area is 151 Å². The lowest BCUT2D eigenvalue weighted by molar-refractivity contribution is -0.117. The lowest BCUT2D eigenvalue weighted by Gasteiger charge is -2.10. The van der Waals surface area contributed by atoms with E-state index < -0.39 is 6.04 Å². The Hall–Kier alpha value is -1.37. The van der Waals surface area contributed by atoms with Gasteiger partial charge in [-0.3, -0.25) is 9.89 Å². The van der Waals surface area contributed by atoms with Crippen LogP contribution < -0.4 is 11.1 Å². The van der Waals surface area contributed by atoms with E-state index in [1.54, 1.807) is 0 Å². The molecule has 1 heterocycles. The van der Waals surface area contributed by atoms with E-state index >= 15 is 0 Å². The molecule has 1 atom stereocenters. The van der Waals surface area contributed by atoms with Crippen LogP contribution in [0.2, 0.25) is 0 Å². The van der Waals surface area contributed by atoms with E-state index in [1.165, 1.54) is 0 Å². The monoisotopic (exact) mass is 400 g/mol. The highest BCUT2D eigenvalue weighted by atomic mass is 79.9. The Morgan fingerprint density at radius 2 is 2.00 bits per heavy atom. The molecule has 0 bridgehead atoms.